The zero-order valence-electron chi connectivity index (χ0n) is 15.1. The summed E-state index contributed by atoms with van der Waals surface area (Å²) in [5, 5.41) is 14.6. The second-order valence-electron chi connectivity index (χ2n) is 7.36. The highest BCUT2D eigenvalue weighted by molar-refractivity contribution is 5.93. The van der Waals surface area contributed by atoms with Crippen molar-refractivity contribution in [1.29, 1.82) is 0 Å². The van der Waals surface area contributed by atoms with Crippen molar-refractivity contribution in [2.45, 2.75) is 32.0 Å². The Morgan fingerprint density at radius 1 is 1.31 bits per heavy atom. The van der Waals surface area contributed by atoms with Crippen LogP contribution in [0.25, 0.3) is 0 Å². The molecule has 2 N–H and O–H groups in total. The molecule has 1 amide bonds. The molecular formula is C19H26N6O. The van der Waals surface area contributed by atoms with Crippen molar-refractivity contribution in [3.63, 3.8) is 0 Å². The van der Waals surface area contributed by atoms with Gasteiger partial charge in [0.1, 0.15) is 0 Å². The number of para-hydroxylation sites is 1. The highest BCUT2D eigenvalue weighted by atomic mass is 16.2. The van der Waals surface area contributed by atoms with E-state index in [0.29, 0.717) is 12.0 Å². The molecule has 2 aromatic rings. The van der Waals surface area contributed by atoms with Gasteiger partial charge in [0.2, 0.25) is 5.91 Å². The number of nitrogens with one attached hydrogen (secondary N) is 2. The van der Waals surface area contributed by atoms with E-state index in [1.54, 1.807) is 0 Å². The van der Waals surface area contributed by atoms with E-state index in [1.807, 2.05) is 48.3 Å². The van der Waals surface area contributed by atoms with Gasteiger partial charge in [-0.2, -0.15) is 0 Å². The fraction of sp³-hybridized carbons (Fsp3) is 0.526. The van der Waals surface area contributed by atoms with Gasteiger partial charge in [0.05, 0.1) is 18.2 Å². The summed E-state index contributed by atoms with van der Waals surface area (Å²) in [7, 11) is 1.91. The van der Waals surface area contributed by atoms with Crippen LogP contribution in [0.1, 0.15) is 18.5 Å². The van der Waals surface area contributed by atoms with Crippen molar-refractivity contribution in [3.05, 3.63) is 42.2 Å². The van der Waals surface area contributed by atoms with Gasteiger partial charge in [-0.25, -0.2) is 0 Å². The molecule has 3 aliphatic rings. The average molecular weight is 354 g/mol. The fourth-order valence-corrected chi connectivity index (χ4v) is 4.29. The third-order valence-corrected chi connectivity index (χ3v) is 5.60. The topological polar surface area (TPSA) is 75.1 Å². The minimum Gasteiger partial charge on any atom is -0.326 e. The zero-order chi connectivity index (χ0) is 17.9. The molecular weight excluding hydrogens is 328 g/mol. The number of benzene rings is 1. The molecule has 3 aliphatic heterocycles. The third-order valence-electron chi connectivity index (χ3n) is 5.60. The van der Waals surface area contributed by atoms with E-state index >= 15 is 0 Å². The molecule has 1 aromatic carbocycles. The molecule has 4 heterocycles. The van der Waals surface area contributed by atoms with Crippen LogP contribution in [0, 0.1) is 11.8 Å². The lowest BCUT2D eigenvalue weighted by molar-refractivity contribution is -0.127. The van der Waals surface area contributed by atoms with Gasteiger partial charge < -0.3 is 10.6 Å². The molecule has 4 atom stereocenters. The number of piperidine rings is 3. The number of hydrogen-bond acceptors (Lipinski definition) is 5. The predicted molar refractivity (Wildman–Crippen MR) is 99.4 cm³/mol. The Bertz CT molecular complexity index is 745. The Balaban J connectivity index is 1.37. The molecule has 2 bridgehead atoms. The Kier molecular flexibility index (Phi) is 4.99. The zero-order valence-corrected chi connectivity index (χ0v) is 15.1. The van der Waals surface area contributed by atoms with Gasteiger partial charge in [0.15, 0.2) is 0 Å². The van der Waals surface area contributed by atoms with Gasteiger partial charge in [-0.3, -0.25) is 14.4 Å². The first-order valence-corrected chi connectivity index (χ1v) is 9.36. The van der Waals surface area contributed by atoms with Crippen LogP contribution in [-0.2, 0) is 17.9 Å². The minimum atomic E-state index is 0.0794. The van der Waals surface area contributed by atoms with Crippen LogP contribution in [0.5, 0.6) is 0 Å². The largest absolute Gasteiger partial charge is 0.326 e. The molecule has 138 valence electrons. The van der Waals surface area contributed by atoms with E-state index < -0.39 is 0 Å². The van der Waals surface area contributed by atoms with Crippen molar-refractivity contribution in [3.8, 4) is 0 Å². The number of aromatic nitrogens is 3. The Labute approximate surface area is 153 Å². The van der Waals surface area contributed by atoms with E-state index in [4.69, 9.17) is 0 Å². The summed E-state index contributed by atoms with van der Waals surface area (Å²) in [6.45, 7) is 3.49. The fourth-order valence-electron chi connectivity index (χ4n) is 4.29. The summed E-state index contributed by atoms with van der Waals surface area (Å²) in [6.07, 6.45) is 4.17. The lowest BCUT2D eigenvalue weighted by Gasteiger charge is -2.49. The van der Waals surface area contributed by atoms with Crippen LogP contribution < -0.4 is 10.6 Å². The minimum absolute atomic E-state index is 0.0794. The quantitative estimate of drug-likeness (QED) is 0.819. The van der Waals surface area contributed by atoms with E-state index in [2.05, 4.69) is 25.8 Å². The number of carbonyl (C=O) groups is 1. The van der Waals surface area contributed by atoms with Gasteiger partial charge in [-0.15, -0.1) is 5.10 Å². The van der Waals surface area contributed by atoms with E-state index in [-0.39, 0.29) is 11.8 Å². The number of amides is 1. The Morgan fingerprint density at radius 2 is 2.15 bits per heavy atom. The summed E-state index contributed by atoms with van der Waals surface area (Å²) in [4.78, 5) is 15.2. The van der Waals surface area contributed by atoms with Crippen LogP contribution in [0.15, 0.2) is 36.5 Å². The molecule has 5 rings (SSSR count). The molecule has 3 saturated heterocycles. The van der Waals surface area contributed by atoms with E-state index in [0.717, 1.165) is 50.4 Å². The van der Waals surface area contributed by atoms with Crippen LogP contribution in [-0.4, -0.2) is 52.0 Å². The SMILES string of the molecule is CNCc1cn(C[C@@H]2C[C@H]3CCN2C[C@@H]3C(=O)Nc2ccccc2)nn1. The number of fused-ring (bicyclic) bond motifs is 3. The van der Waals surface area contributed by atoms with E-state index in [9.17, 15) is 4.79 Å². The molecule has 7 nitrogen and oxygen atoms in total. The molecule has 1 unspecified atom stereocenters. The average Bonchev–Trinajstić information content (AvgIpc) is 3.10. The number of anilines is 1. The van der Waals surface area contributed by atoms with Crippen LogP contribution in [0.4, 0.5) is 5.69 Å². The summed E-state index contributed by atoms with van der Waals surface area (Å²) in [6, 6.07) is 10.2. The van der Waals surface area contributed by atoms with Gasteiger partial charge in [0.25, 0.3) is 0 Å². The summed E-state index contributed by atoms with van der Waals surface area (Å²) in [5.41, 5.74) is 1.84. The van der Waals surface area contributed by atoms with E-state index in [1.165, 1.54) is 0 Å². The number of rotatable bonds is 6. The second-order valence-corrected chi connectivity index (χ2v) is 7.36. The van der Waals surface area contributed by atoms with Gasteiger partial charge in [-0.1, -0.05) is 23.4 Å². The van der Waals surface area contributed by atoms with Crippen LogP contribution in [0.2, 0.25) is 0 Å². The van der Waals surface area contributed by atoms with Gasteiger partial charge in [-0.05, 0) is 44.5 Å². The predicted octanol–water partition coefficient (Wildman–Crippen LogP) is 1.35. The summed E-state index contributed by atoms with van der Waals surface area (Å²) >= 11 is 0. The second kappa shape index (κ2) is 7.55. The first-order valence-electron chi connectivity index (χ1n) is 9.36. The first kappa shape index (κ1) is 17.2. The summed E-state index contributed by atoms with van der Waals surface area (Å²) < 4.78 is 1.94. The molecule has 1 aromatic heterocycles. The van der Waals surface area contributed by atoms with Crippen molar-refractivity contribution in [2.24, 2.45) is 11.8 Å². The maximum atomic E-state index is 12.7. The lowest BCUT2D eigenvalue weighted by atomic mass is 9.75. The third kappa shape index (κ3) is 3.64. The molecule has 0 radical (unpaired) electrons. The van der Waals surface area contributed by atoms with Crippen molar-refractivity contribution >= 4 is 11.6 Å². The smallest absolute Gasteiger partial charge is 0.229 e. The molecule has 26 heavy (non-hydrogen) atoms. The number of hydrogen-bond donors (Lipinski definition) is 2. The number of nitrogens with zero attached hydrogens (tertiary/aromatic N) is 4. The first-order chi connectivity index (χ1) is 12.7. The standard InChI is InChI=1S/C19H26N6O/c1-20-10-16-11-25(23-22-16)12-17-9-14-7-8-24(17)13-18(14)19(26)21-15-5-3-2-4-6-15/h2-6,11,14,17-18,20H,7-10,12-13H2,1H3,(H,21,26)/t14-,17+,18+/m1/s1. The maximum Gasteiger partial charge on any atom is 0.229 e. The maximum absolute atomic E-state index is 12.7. The monoisotopic (exact) mass is 354 g/mol. The van der Waals surface area contributed by atoms with Crippen LogP contribution >= 0.6 is 0 Å². The Hall–Kier alpha value is -2.25. The van der Waals surface area contributed by atoms with Crippen molar-refractivity contribution in [2.75, 3.05) is 25.5 Å². The van der Waals surface area contributed by atoms with Crippen molar-refractivity contribution < 1.29 is 4.79 Å². The molecule has 0 aliphatic carbocycles. The molecule has 3 fully saturated rings. The Morgan fingerprint density at radius 3 is 2.88 bits per heavy atom. The molecule has 7 heteroatoms. The van der Waals surface area contributed by atoms with Gasteiger partial charge in [0, 0.05) is 31.0 Å². The lowest BCUT2D eigenvalue weighted by Crippen LogP contribution is -2.57. The summed E-state index contributed by atoms with van der Waals surface area (Å²) in [5.74, 6) is 0.686. The van der Waals surface area contributed by atoms with Gasteiger partial charge >= 0.3 is 0 Å². The highest BCUT2D eigenvalue weighted by Crippen LogP contribution is 2.37. The normalized spacial score (nSPS) is 27.4. The van der Waals surface area contributed by atoms with Crippen LogP contribution in [0.3, 0.4) is 0 Å². The number of carbonyl (C=O) groups excluding carboxylic acids is 1. The highest BCUT2D eigenvalue weighted by Gasteiger charge is 2.43. The molecule has 0 spiro atoms. The molecule has 0 saturated carbocycles. The van der Waals surface area contributed by atoms with Crippen molar-refractivity contribution in [1.82, 2.24) is 25.2 Å².